The molecule has 0 radical (unpaired) electrons. The van der Waals surface area contributed by atoms with Gasteiger partial charge in [-0.1, -0.05) is 0 Å². The van der Waals surface area contributed by atoms with Gasteiger partial charge in [-0.15, -0.1) is 0 Å². The molecule has 0 atom stereocenters. The van der Waals surface area contributed by atoms with Gasteiger partial charge in [0.25, 0.3) is 15.9 Å². The van der Waals surface area contributed by atoms with Gasteiger partial charge in [-0.2, -0.15) is 0 Å². The van der Waals surface area contributed by atoms with Crippen molar-refractivity contribution in [3.63, 3.8) is 0 Å². The standard InChI is InChI=1S/C10H13N3O4S/c1-12-10(14)7-4-9(18(11,15)16)13-5-8(7)17-6-2-3-6/h4-6H,2-3H2,1H3,(H,12,14)(H2,11,15,16). The van der Waals surface area contributed by atoms with Crippen LogP contribution in [0.3, 0.4) is 0 Å². The van der Waals surface area contributed by atoms with Gasteiger partial charge < -0.3 is 10.1 Å². The van der Waals surface area contributed by atoms with E-state index in [0.717, 1.165) is 18.9 Å². The Bertz CT molecular complexity index is 581. The van der Waals surface area contributed by atoms with E-state index in [0.29, 0.717) is 0 Å². The fourth-order valence-corrected chi connectivity index (χ4v) is 1.83. The Kier molecular flexibility index (Phi) is 3.22. The molecule has 2 rings (SSSR count). The monoisotopic (exact) mass is 271 g/mol. The third-order valence-electron chi connectivity index (χ3n) is 2.42. The number of carbonyl (C=O) groups excluding carboxylic acids is 1. The van der Waals surface area contributed by atoms with Gasteiger partial charge in [0.2, 0.25) is 0 Å². The Morgan fingerprint density at radius 3 is 2.72 bits per heavy atom. The number of nitrogens with one attached hydrogen (secondary N) is 1. The molecular formula is C10H13N3O4S. The summed E-state index contributed by atoms with van der Waals surface area (Å²) in [5.74, 6) is -0.179. The van der Waals surface area contributed by atoms with Crippen LogP contribution in [-0.4, -0.2) is 32.5 Å². The van der Waals surface area contributed by atoms with Crippen LogP contribution in [0.1, 0.15) is 23.2 Å². The zero-order valence-electron chi connectivity index (χ0n) is 9.71. The van der Waals surface area contributed by atoms with Crippen molar-refractivity contribution < 1.29 is 17.9 Å². The molecule has 1 saturated carbocycles. The van der Waals surface area contributed by atoms with E-state index in [1.165, 1.54) is 13.2 Å². The zero-order chi connectivity index (χ0) is 13.3. The van der Waals surface area contributed by atoms with E-state index >= 15 is 0 Å². The third kappa shape index (κ3) is 2.77. The minimum absolute atomic E-state index is 0.0792. The largest absolute Gasteiger partial charge is 0.488 e. The third-order valence-corrected chi connectivity index (χ3v) is 3.23. The highest BCUT2D eigenvalue weighted by atomic mass is 32.2. The number of sulfonamides is 1. The molecule has 1 heterocycles. The highest BCUT2D eigenvalue weighted by molar-refractivity contribution is 7.89. The number of primary sulfonamides is 1. The van der Waals surface area contributed by atoms with E-state index in [1.54, 1.807) is 0 Å². The summed E-state index contributed by atoms with van der Waals surface area (Å²) in [5, 5.41) is 7.02. The number of nitrogens with two attached hydrogens (primary N) is 1. The molecule has 7 nitrogen and oxygen atoms in total. The number of hydrogen-bond donors (Lipinski definition) is 2. The summed E-state index contributed by atoms with van der Waals surface area (Å²) in [4.78, 5) is 15.4. The van der Waals surface area contributed by atoms with Crippen LogP contribution >= 0.6 is 0 Å². The summed E-state index contributed by atoms with van der Waals surface area (Å²) in [6, 6.07) is 1.12. The van der Waals surface area contributed by atoms with Gasteiger partial charge in [-0.05, 0) is 18.9 Å². The summed E-state index contributed by atoms with van der Waals surface area (Å²) < 4.78 is 27.9. The predicted octanol–water partition coefficient (Wildman–Crippen LogP) is -0.370. The Labute approximate surface area is 104 Å². The van der Waals surface area contributed by atoms with Gasteiger partial charge in [0.1, 0.15) is 0 Å². The summed E-state index contributed by atoms with van der Waals surface area (Å²) in [6.45, 7) is 0. The number of amides is 1. The predicted molar refractivity (Wildman–Crippen MR) is 62.7 cm³/mol. The first-order valence-electron chi connectivity index (χ1n) is 5.33. The van der Waals surface area contributed by atoms with Gasteiger partial charge in [0.05, 0.1) is 17.9 Å². The molecule has 8 heteroatoms. The molecule has 0 aromatic carbocycles. The van der Waals surface area contributed by atoms with Crippen LogP contribution in [0.15, 0.2) is 17.3 Å². The van der Waals surface area contributed by atoms with E-state index in [1.807, 2.05) is 0 Å². The Hall–Kier alpha value is -1.67. The van der Waals surface area contributed by atoms with Crippen LogP contribution in [-0.2, 0) is 10.0 Å². The zero-order valence-corrected chi connectivity index (χ0v) is 10.5. The smallest absolute Gasteiger partial charge is 0.255 e. The van der Waals surface area contributed by atoms with Crippen LogP contribution in [0.25, 0.3) is 0 Å². The maximum atomic E-state index is 11.7. The normalized spacial score (nSPS) is 15.2. The molecular weight excluding hydrogens is 258 g/mol. The van der Waals surface area contributed by atoms with Crippen molar-refractivity contribution in [2.24, 2.45) is 5.14 Å². The number of carbonyl (C=O) groups is 1. The lowest BCUT2D eigenvalue weighted by molar-refractivity contribution is 0.0958. The molecule has 1 aromatic rings. The maximum absolute atomic E-state index is 11.7. The average molecular weight is 271 g/mol. The molecule has 1 aliphatic rings. The van der Waals surface area contributed by atoms with Crippen LogP contribution in [0.4, 0.5) is 0 Å². The lowest BCUT2D eigenvalue weighted by atomic mass is 10.2. The molecule has 1 amide bonds. The molecule has 1 aliphatic carbocycles. The number of aromatic nitrogens is 1. The molecule has 0 unspecified atom stereocenters. The van der Waals surface area contributed by atoms with Crippen LogP contribution < -0.4 is 15.2 Å². The van der Waals surface area contributed by atoms with E-state index in [-0.39, 0.29) is 22.4 Å². The number of hydrogen-bond acceptors (Lipinski definition) is 5. The SMILES string of the molecule is CNC(=O)c1cc(S(N)(=O)=O)ncc1OC1CC1. The van der Waals surface area contributed by atoms with Crippen molar-refractivity contribution in [3.8, 4) is 5.75 Å². The van der Waals surface area contributed by atoms with Crippen LogP contribution in [0, 0.1) is 0 Å². The quantitative estimate of drug-likeness (QED) is 0.776. The summed E-state index contributed by atoms with van der Waals surface area (Å²) in [6.07, 6.45) is 3.13. The second-order valence-corrected chi connectivity index (χ2v) is 5.47. The summed E-state index contributed by atoms with van der Waals surface area (Å²) >= 11 is 0. The fourth-order valence-electron chi connectivity index (χ4n) is 1.35. The first-order valence-corrected chi connectivity index (χ1v) is 6.88. The highest BCUT2D eigenvalue weighted by Crippen LogP contribution is 2.29. The Morgan fingerprint density at radius 1 is 1.56 bits per heavy atom. The molecule has 0 spiro atoms. The lowest BCUT2D eigenvalue weighted by Crippen LogP contribution is -2.21. The first kappa shape index (κ1) is 12.8. The van der Waals surface area contributed by atoms with Crippen LogP contribution in [0.2, 0.25) is 0 Å². The molecule has 18 heavy (non-hydrogen) atoms. The maximum Gasteiger partial charge on any atom is 0.255 e. The van der Waals surface area contributed by atoms with Gasteiger partial charge in [-0.3, -0.25) is 4.79 Å². The molecule has 3 N–H and O–H groups in total. The first-order chi connectivity index (χ1) is 8.41. The van der Waals surface area contributed by atoms with Crippen molar-refractivity contribution in [1.29, 1.82) is 0 Å². The van der Waals surface area contributed by atoms with E-state index in [4.69, 9.17) is 9.88 Å². The second kappa shape index (κ2) is 4.54. The van der Waals surface area contributed by atoms with E-state index in [2.05, 4.69) is 10.3 Å². The van der Waals surface area contributed by atoms with E-state index < -0.39 is 15.9 Å². The van der Waals surface area contributed by atoms with Crippen LogP contribution in [0.5, 0.6) is 5.75 Å². The molecule has 0 saturated heterocycles. The highest BCUT2D eigenvalue weighted by Gasteiger charge is 2.26. The lowest BCUT2D eigenvalue weighted by Gasteiger charge is -2.10. The molecule has 98 valence electrons. The summed E-state index contributed by atoms with van der Waals surface area (Å²) in [7, 11) is -2.50. The molecule has 1 aromatic heterocycles. The average Bonchev–Trinajstić information content (AvgIpc) is 3.11. The van der Waals surface area contributed by atoms with Crippen molar-refractivity contribution in [1.82, 2.24) is 10.3 Å². The Morgan fingerprint density at radius 2 is 2.22 bits per heavy atom. The van der Waals surface area contributed by atoms with Crippen molar-refractivity contribution >= 4 is 15.9 Å². The van der Waals surface area contributed by atoms with Crippen molar-refractivity contribution in [2.45, 2.75) is 24.0 Å². The van der Waals surface area contributed by atoms with Gasteiger partial charge in [-0.25, -0.2) is 18.5 Å². The fraction of sp³-hybridized carbons (Fsp3) is 0.400. The molecule has 1 fully saturated rings. The number of pyridine rings is 1. The number of nitrogens with zero attached hydrogens (tertiary/aromatic N) is 1. The van der Waals surface area contributed by atoms with E-state index in [9.17, 15) is 13.2 Å². The van der Waals surface area contributed by atoms with Gasteiger partial charge >= 0.3 is 0 Å². The number of rotatable bonds is 4. The minimum Gasteiger partial charge on any atom is -0.488 e. The minimum atomic E-state index is -3.94. The van der Waals surface area contributed by atoms with Gasteiger partial charge in [0.15, 0.2) is 10.8 Å². The Balaban J connectivity index is 2.43. The summed E-state index contributed by atoms with van der Waals surface area (Å²) in [5.41, 5.74) is 0.114. The topological polar surface area (TPSA) is 111 Å². The second-order valence-electron chi connectivity index (χ2n) is 3.96. The number of ether oxygens (including phenoxy) is 1. The van der Waals surface area contributed by atoms with Crippen molar-refractivity contribution in [3.05, 3.63) is 17.8 Å². The van der Waals surface area contributed by atoms with Gasteiger partial charge in [0, 0.05) is 7.05 Å². The molecule has 0 aliphatic heterocycles. The molecule has 0 bridgehead atoms. The van der Waals surface area contributed by atoms with Crippen molar-refractivity contribution in [2.75, 3.05) is 7.05 Å².